The molecular formula is C17H29N3O6S2. The van der Waals surface area contributed by atoms with Crippen LogP contribution in [0.5, 0.6) is 11.5 Å². The van der Waals surface area contributed by atoms with Gasteiger partial charge in [0.1, 0.15) is 0 Å². The first-order valence-electron chi connectivity index (χ1n) is 8.96. The molecule has 0 atom stereocenters. The molecule has 1 aromatic carbocycles. The third kappa shape index (κ3) is 5.35. The fourth-order valence-corrected chi connectivity index (χ4v) is 5.27. The quantitative estimate of drug-likeness (QED) is 0.550. The summed E-state index contributed by atoms with van der Waals surface area (Å²) >= 11 is 0. The average Bonchev–Trinajstić information content (AvgIpc) is 2.67. The summed E-state index contributed by atoms with van der Waals surface area (Å²) in [6.45, 7) is 2.47. The van der Waals surface area contributed by atoms with Crippen molar-refractivity contribution in [3.63, 3.8) is 0 Å². The van der Waals surface area contributed by atoms with E-state index in [4.69, 9.17) is 9.47 Å². The molecule has 0 aromatic heterocycles. The Kier molecular flexibility index (Phi) is 7.68. The predicted molar refractivity (Wildman–Crippen MR) is 107 cm³/mol. The summed E-state index contributed by atoms with van der Waals surface area (Å²) in [4.78, 5) is 2.25. The highest BCUT2D eigenvalue weighted by Crippen LogP contribution is 2.30. The maximum absolute atomic E-state index is 12.9. The molecular weight excluding hydrogens is 406 g/mol. The van der Waals surface area contributed by atoms with E-state index in [2.05, 4.69) is 4.90 Å². The molecule has 9 nitrogen and oxygen atoms in total. The molecule has 11 heteroatoms. The second-order valence-corrected chi connectivity index (χ2v) is 11.0. The van der Waals surface area contributed by atoms with E-state index in [-0.39, 0.29) is 10.6 Å². The molecule has 1 aliphatic rings. The molecule has 28 heavy (non-hydrogen) atoms. The highest BCUT2D eigenvalue weighted by molar-refractivity contribution is 7.89. The van der Waals surface area contributed by atoms with Crippen LogP contribution in [0.2, 0.25) is 0 Å². The Balaban J connectivity index is 1.95. The minimum Gasteiger partial charge on any atom is -0.493 e. The second kappa shape index (κ2) is 9.40. The SMILES string of the molecule is COc1ccc(S(=O)(=O)N2CCN(CCCS(=O)(=O)N(C)C)CC2)cc1OC. The van der Waals surface area contributed by atoms with E-state index in [0.29, 0.717) is 50.6 Å². The fraction of sp³-hybridized carbons (Fsp3) is 0.647. The molecule has 1 fully saturated rings. The van der Waals surface area contributed by atoms with Gasteiger partial charge in [-0.2, -0.15) is 4.31 Å². The maximum Gasteiger partial charge on any atom is 0.243 e. The van der Waals surface area contributed by atoms with Crippen molar-refractivity contribution >= 4 is 20.0 Å². The highest BCUT2D eigenvalue weighted by Gasteiger charge is 2.29. The van der Waals surface area contributed by atoms with Crippen LogP contribution < -0.4 is 9.47 Å². The van der Waals surface area contributed by atoms with Crippen molar-refractivity contribution in [1.29, 1.82) is 0 Å². The van der Waals surface area contributed by atoms with Gasteiger partial charge in [0, 0.05) is 46.3 Å². The van der Waals surface area contributed by atoms with Gasteiger partial charge in [-0.3, -0.25) is 0 Å². The lowest BCUT2D eigenvalue weighted by atomic mass is 10.3. The minimum atomic E-state index is -3.63. The van der Waals surface area contributed by atoms with Crippen molar-refractivity contribution in [2.24, 2.45) is 0 Å². The molecule has 0 N–H and O–H groups in total. The number of hydrogen-bond donors (Lipinski definition) is 0. The van der Waals surface area contributed by atoms with Crippen LogP contribution in [0.15, 0.2) is 23.1 Å². The molecule has 0 spiro atoms. The molecule has 2 rings (SSSR count). The normalized spacial score (nSPS) is 17.0. The number of hydrogen-bond acceptors (Lipinski definition) is 7. The summed E-state index contributed by atoms with van der Waals surface area (Å²) in [7, 11) is -0.834. The van der Waals surface area contributed by atoms with E-state index in [9.17, 15) is 16.8 Å². The van der Waals surface area contributed by atoms with E-state index < -0.39 is 20.0 Å². The number of piperazine rings is 1. The Hall–Kier alpha value is -1.40. The van der Waals surface area contributed by atoms with Gasteiger partial charge < -0.3 is 14.4 Å². The van der Waals surface area contributed by atoms with Gasteiger partial charge in [0.15, 0.2) is 11.5 Å². The summed E-state index contributed by atoms with van der Waals surface area (Å²) < 4.78 is 62.5. The summed E-state index contributed by atoms with van der Waals surface area (Å²) in [5.41, 5.74) is 0. The Morgan fingerprint density at radius 2 is 1.57 bits per heavy atom. The Labute approximate surface area is 167 Å². The first-order chi connectivity index (χ1) is 13.1. The van der Waals surface area contributed by atoms with Crippen molar-refractivity contribution in [2.45, 2.75) is 11.3 Å². The third-order valence-electron chi connectivity index (χ3n) is 4.76. The highest BCUT2D eigenvalue weighted by atomic mass is 32.2. The molecule has 0 aliphatic carbocycles. The van der Waals surface area contributed by atoms with Crippen molar-refractivity contribution < 1.29 is 26.3 Å². The smallest absolute Gasteiger partial charge is 0.243 e. The van der Waals surface area contributed by atoms with E-state index in [1.165, 1.54) is 49.1 Å². The standard InChI is InChI=1S/C17H29N3O6S2/c1-18(2)27(21,22)13-5-8-19-9-11-20(12-10-19)28(23,24)15-6-7-16(25-3)17(14-15)26-4/h6-7,14H,5,8-13H2,1-4H3. The Bertz CT molecular complexity index is 863. The van der Waals surface area contributed by atoms with Crippen LogP contribution in [-0.2, 0) is 20.0 Å². The maximum atomic E-state index is 12.9. The fourth-order valence-electron chi connectivity index (χ4n) is 2.97. The molecule has 0 bridgehead atoms. The molecule has 0 amide bonds. The number of sulfonamides is 2. The monoisotopic (exact) mass is 435 g/mol. The number of ether oxygens (including phenoxy) is 2. The zero-order valence-corrected chi connectivity index (χ0v) is 18.4. The third-order valence-corrected chi connectivity index (χ3v) is 8.57. The summed E-state index contributed by atoms with van der Waals surface area (Å²) in [5.74, 6) is 0.924. The topological polar surface area (TPSA) is 96.5 Å². The van der Waals surface area contributed by atoms with Crippen molar-refractivity contribution in [3.8, 4) is 11.5 Å². The molecule has 1 saturated heterocycles. The summed E-state index contributed by atoms with van der Waals surface area (Å²) in [6, 6.07) is 4.55. The van der Waals surface area contributed by atoms with Crippen molar-refractivity contribution in [3.05, 3.63) is 18.2 Å². The van der Waals surface area contributed by atoms with Crippen LogP contribution in [0.25, 0.3) is 0 Å². The lowest BCUT2D eigenvalue weighted by molar-refractivity contribution is 0.189. The van der Waals surface area contributed by atoms with Gasteiger partial charge in [0.05, 0.1) is 24.9 Å². The largest absolute Gasteiger partial charge is 0.493 e. The summed E-state index contributed by atoms with van der Waals surface area (Å²) in [5, 5.41) is 0. The van der Waals surface area contributed by atoms with E-state index in [1.54, 1.807) is 6.07 Å². The number of benzene rings is 1. The molecule has 160 valence electrons. The van der Waals surface area contributed by atoms with Gasteiger partial charge in [-0.05, 0) is 25.1 Å². The number of nitrogens with zero attached hydrogens (tertiary/aromatic N) is 3. The van der Waals surface area contributed by atoms with Crippen LogP contribution in [0.1, 0.15) is 6.42 Å². The van der Waals surface area contributed by atoms with Gasteiger partial charge in [-0.15, -0.1) is 0 Å². The van der Waals surface area contributed by atoms with Gasteiger partial charge >= 0.3 is 0 Å². The van der Waals surface area contributed by atoms with Crippen LogP contribution >= 0.6 is 0 Å². The lowest BCUT2D eigenvalue weighted by Gasteiger charge is -2.34. The van der Waals surface area contributed by atoms with Crippen molar-refractivity contribution in [2.75, 3.05) is 66.8 Å². The van der Waals surface area contributed by atoms with E-state index in [1.807, 2.05) is 0 Å². The second-order valence-electron chi connectivity index (χ2n) is 6.71. The number of methoxy groups -OCH3 is 2. The van der Waals surface area contributed by atoms with Gasteiger partial charge in [-0.25, -0.2) is 21.1 Å². The first kappa shape index (κ1) is 22.9. The molecule has 1 aliphatic heterocycles. The Morgan fingerprint density at radius 3 is 2.11 bits per heavy atom. The van der Waals surface area contributed by atoms with Crippen LogP contribution in [0, 0.1) is 0 Å². The van der Waals surface area contributed by atoms with Crippen LogP contribution in [-0.4, -0.2) is 97.1 Å². The Morgan fingerprint density at radius 1 is 0.964 bits per heavy atom. The summed E-state index contributed by atoms with van der Waals surface area (Å²) in [6.07, 6.45) is 0.517. The molecule has 0 saturated carbocycles. The van der Waals surface area contributed by atoms with Gasteiger partial charge in [0.25, 0.3) is 0 Å². The lowest BCUT2D eigenvalue weighted by Crippen LogP contribution is -2.48. The zero-order chi connectivity index (χ0) is 20.9. The molecule has 0 radical (unpaired) electrons. The first-order valence-corrected chi connectivity index (χ1v) is 12.0. The van der Waals surface area contributed by atoms with Gasteiger partial charge in [-0.1, -0.05) is 0 Å². The molecule has 1 heterocycles. The number of rotatable bonds is 9. The average molecular weight is 436 g/mol. The van der Waals surface area contributed by atoms with Crippen molar-refractivity contribution in [1.82, 2.24) is 13.5 Å². The van der Waals surface area contributed by atoms with Crippen LogP contribution in [0.4, 0.5) is 0 Å². The molecule has 1 aromatic rings. The van der Waals surface area contributed by atoms with Gasteiger partial charge in [0.2, 0.25) is 20.0 Å². The van der Waals surface area contributed by atoms with E-state index >= 15 is 0 Å². The predicted octanol–water partition coefficient (Wildman–Crippen LogP) is 0.292. The molecule has 0 unspecified atom stereocenters. The zero-order valence-electron chi connectivity index (χ0n) is 16.8. The minimum absolute atomic E-state index is 0.0875. The van der Waals surface area contributed by atoms with Crippen LogP contribution in [0.3, 0.4) is 0 Å². The van der Waals surface area contributed by atoms with E-state index in [0.717, 1.165) is 0 Å².